The quantitative estimate of drug-likeness (QED) is 0.307. The Kier molecular flexibility index (Phi) is 7.34. The van der Waals surface area contributed by atoms with Crippen LogP contribution in [-0.4, -0.2) is 35.5 Å². The lowest BCUT2D eigenvalue weighted by molar-refractivity contribution is -0.114. The standard InChI is InChI=1S/C25H22BrN3O5S2/c1-35(31,32)29(21-13-9-19(26)10-14-21)17-25(30)27-20-11-15-22(16-12-20)36(33,34)28-24-8-4-6-18-5-2-3-7-23(18)24/h2-16,28H,17H2,1H3,(H,27,30). The number of sulfonamides is 2. The van der Waals surface area contributed by atoms with E-state index in [2.05, 4.69) is 26.0 Å². The molecule has 0 aliphatic rings. The Morgan fingerprint density at radius 3 is 2.14 bits per heavy atom. The molecule has 0 unspecified atom stereocenters. The predicted molar refractivity (Wildman–Crippen MR) is 146 cm³/mol. The monoisotopic (exact) mass is 587 g/mol. The Labute approximate surface area is 218 Å². The van der Waals surface area contributed by atoms with Crippen LogP contribution in [0.15, 0.2) is 100 Å². The Morgan fingerprint density at radius 2 is 1.47 bits per heavy atom. The Bertz CT molecular complexity index is 1620. The SMILES string of the molecule is CS(=O)(=O)N(CC(=O)Nc1ccc(S(=O)(=O)Nc2cccc3ccccc23)cc1)c1ccc(Br)cc1. The summed E-state index contributed by atoms with van der Waals surface area (Å²) in [4.78, 5) is 12.6. The van der Waals surface area contributed by atoms with E-state index in [4.69, 9.17) is 0 Å². The van der Waals surface area contributed by atoms with E-state index in [1.54, 1.807) is 36.4 Å². The summed E-state index contributed by atoms with van der Waals surface area (Å²) in [5.74, 6) is -0.576. The van der Waals surface area contributed by atoms with Gasteiger partial charge in [0.25, 0.3) is 10.0 Å². The zero-order valence-corrected chi connectivity index (χ0v) is 22.3. The Hall–Kier alpha value is -3.41. The van der Waals surface area contributed by atoms with Gasteiger partial charge in [0.2, 0.25) is 15.9 Å². The van der Waals surface area contributed by atoms with Crippen molar-refractivity contribution >= 4 is 69.7 Å². The van der Waals surface area contributed by atoms with Crippen LogP contribution in [0.5, 0.6) is 0 Å². The number of rotatable bonds is 8. The summed E-state index contributed by atoms with van der Waals surface area (Å²) in [5, 5.41) is 4.29. The van der Waals surface area contributed by atoms with Crippen molar-refractivity contribution in [2.75, 3.05) is 27.1 Å². The van der Waals surface area contributed by atoms with Crippen LogP contribution in [0.1, 0.15) is 0 Å². The lowest BCUT2D eigenvalue weighted by Gasteiger charge is -2.22. The van der Waals surface area contributed by atoms with Crippen molar-refractivity contribution in [2.24, 2.45) is 0 Å². The number of fused-ring (bicyclic) bond motifs is 1. The lowest BCUT2D eigenvalue weighted by atomic mass is 10.1. The van der Waals surface area contributed by atoms with Crippen molar-refractivity contribution in [3.8, 4) is 0 Å². The highest BCUT2D eigenvalue weighted by Gasteiger charge is 2.21. The summed E-state index contributed by atoms with van der Waals surface area (Å²) >= 11 is 3.29. The third-order valence-electron chi connectivity index (χ3n) is 5.28. The zero-order chi connectivity index (χ0) is 25.9. The molecule has 4 aromatic carbocycles. The van der Waals surface area contributed by atoms with Crippen LogP contribution >= 0.6 is 15.9 Å². The number of nitrogens with one attached hydrogen (secondary N) is 2. The van der Waals surface area contributed by atoms with Crippen molar-refractivity contribution in [3.05, 3.63) is 95.5 Å². The van der Waals surface area contributed by atoms with Crippen molar-refractivity contribution in [3.63, 3.8) is 0 Å². The Morgan fingerprint density at radius 1 is 0.833 bits per heavy atom. The maximum atomic E-state index is 12.9. The molecule has 0 saturated carbocycles. The minimum absolute atomic E-state index is 0.0149. The molecule has 0 bridgehead atoms. The number of hydrogen-bond acceptors (Lipinski definition) is 5. The fourth-order valence-corrected chi connectivity index (χ4v) is 5.77. The van der Waals surface area contributed by atoms with Crippen LogP contribution in [0.2, 0.25) is 0 Å². The second kappa shape index (κ2) is 10.3. The number of anilines is 3. The van der Waals surface area contributed by atoms with Crippen LogP contribution in [0.25, 0.3) is 10.8 Å². The molecule has 11 heteroatoms. The highest BCUT2D eigenvalue weighted by atomic mass is 79.9. The molecule has 0 saturated heterocycles. The molecule has 2 N–H and O–H groups in total. The summed E-state index contributed by atoms with van der Waals surface area (Å²) < 4.78 is 54.8. The topological polar surface area (TPSA) is 113 Å². The largest absolute Gasteiger partial charge is 0.325 e. The minimum atomic E-state index is -3.88. The van der Waals surface area contributed by atoms with E-state index in [-0.39, 0.29) is 4.90 Å². The van der Waals surface area contributed by atoms with Gasteiger partial charge in [-0.2, -0.15) is 0 Å². The molecule has 4 aromatic rings. The molecular weight excluding hydrogens is 566 g/mol. The van der Waals surface area contributed by atoms with Gasteiger partial charge < -0.3 is 5.32 Å². The number of carbonyl (C=O) groups is 1. The van der Waals surface area contributed by atoms with Gasteiger partial charge in [0.1, 0.15) is 6.54 Å². The highest BCUT2D eigenvalue weighted by Crippen LogP contribution is 2.26. The number of nitrogens with zero attached hydrogens (tertiary/aromatic N) is 1. The van der Waals surface area contributed by atoms with Crippen LogP contribution < -0.4 is 14.3 Å². The van der Waals surface area contributed by atoms with Gasteiger partial charge >= 0.3 is 0 Å². The first-order chi connectivity index (χ1) is 17.0. The van der Waals surface area contributed by atoms with Crippen molar-refractivity contribution < 1.29 is 21.6 Å². The average Bonchev–Trinajstić information content (AvgIpc) is 2.83. The first kappa shape index (κ1) is 25.7. The van der Waals surface area contributed by atoms with Crippen LogP contribution in [0, 0.1) is 0 Å². The van der Waals surface area contributed by atoms with E-state index in [0.717, 1.165) is 25.8 Å². The molecule has 4 rings (SSSR count). The number of benzene rings is 4. The van der Waals surface area contributed by atoms with Gasteiger partial charge in [0.05, 0.1) is 22.5 Å². The van der Waals surface area contributed by atoms with E-state index in [1.807, 2.05) is 30.3 Å². The predicted octanol–water partition coefficient (Wildman–Crippen LogP) is 4.81. The average molecular weight is 589 g/mol. The van der Waals surface area contributed by atoms with Gasteiger partial charge in [-0.1, -0.05) is 52.3 Å². The fraction of sp³-hybridized carbons (Fsp3) is 0.0800. The molecule has 186 valence electrons. The van der Waals surface area contributed by atoms with Crippen molar-refractivity contribution in [1.29, 1.82) is 0 Å². The van der Waals surface area contributed by atoms with Gasteiger partial charge in [0, 0.05) is 15.5 Å². The van der Waals surface area contributed by atoms with Crippen LogP contribution in [0.4, 0.5) is 17.1 Å². The molecule has 0 aliphatic heterocycles. The third kappa shape index (κ3) is 6.04. The minimum Gasteiger partial charge on any atom is -0.325 e. The fourth-order valence-electron chi connectivity index (χ4n) is 3.57. The molecule has 0 spiro atoms. The van der Waals surface area contributed by atoms with Gasteiger partial charge in [-0.05, 0) is 60.0 Å². The van der Waals surface area contributed by atoms with Gasteiger partial charge in [-0.15, -0.1) is 0 Å². The number of carbonyl (C=O) groups excluding carboxylic acids is 1. The first-order valence-corrected chi connectivity index (χ1v) is 14.8. The number of halogens is 1. The summed E-state index contributed by atoms with van der Waals surface area (Å²) in [7, 11) is -7.60. The zero-order valence-electron chi connectivity index (χ0n) is 19.1. The maximum Gasteiger partial charge on any atom is 0.261 e. The molecule has 0 fully saturated rings. The van der Waals surface area contributed by atoms with Gasteiger partial charge in [-0.25, -0.2) is 16.8 Å². The van der Waals surface area contributed by atoms with Gasteiger partial charge in [-0.3, -0.25) is 13.8 Å². The molecule has 0 radical (unpaired) electrons. The normalized spacial score (nSPS) is 11.7. The van der Waals surface area contributed by atoms with E-state index in [0.29, 0.717) is 17.1 Å². The number of hydrogen-bond donors (Lipinski definition) is 2. The molecule has 8 nitrogen and oxygen atoms in total. The first-order valence-electron chi connectivity index (χ1n) is 10.7. The maximum absolute atomic E-state index is 12.9. The lowest BCUT2D eigenvalue weighted by Crippen LogP contribution is -2.37. The summed E-state index contributed by atoms with van der Waals surface area (Å²) in [6.45, 7) is -0.441. The van der Waals surface area contributed by atoms with Crippen LogP contribution in [0.3, 0.4) is 0 Å². The van der Waals surface area contributed by atoms with E-state index in [1.165, 1.54) is 24.3 Å². The van der Waals surface area contributed by atoms with Crippen molar-refractivity contribution in [1.82, 2.24) is 0 Å². The third-order valence-corrected chi connectivity index (χ3v) is 8.34. The molecule has 36 heavy (non-hydrogen) atoms. The number of amides is 1. The Balaban J connectivity index is 1.47. The molecule has 0 atom stereocenters. The van der Waals surface area contributed by atoms with E-state index in [9.17, 15) is 21.6 Å². The van der Waals surface area contributed by atoms with Crippen molar-refractivity contribution in [2.45, 2.75) is 4.90 Å². The van der Waals surface area contributed by atoms with Crippen LogP contribution in [-0.2, 0) is 24.8 Å². The summed E-state index contributed by atoms with van der Waals surface area (Å²) in [5.41, 5.74) is 1.13. The van der Waals surface area contributed by atoms with E-state index >= 15 is 0 Å². The molecule has 0 aliphatic carbocycles. The molecule has 1 amide bonds. The van der Waals surface area contributed by atoms with E-state index < -0.39 is 32.5 Å². The smallest absolute Gasteiger partial charge is 0.261 e. The molecule has 0 heterocycles. The molecule has 0 aromatic heterocycles. The highest BCUT2D eigenvalue weighted by molar-refractivity contribution is 9.10. The van der Waals surface area contributed by atoms with Gasteiger partial charge in [0.15, 0.2) is 0 Å². The second-order valence-corrected chi connectivity index (χ2v) is 12.5. The second-order valence-electron chi connectivity index (χ2n) is 7.95. The summed E-state index contributed by atoms with van der Waals surface area (Å²) in [6.07, 6.45) is 1.02. The summed E-state index contributed by atoms with van der Waals surface area (Å²) in [6, 6.07) is 24.9. The molecular formula is C25H22BrN3O5S2.